The van der Waals surface area contributed by atoms with Crippen LogP contribution in [-0.2, 0) is 4.79 Å². The van der Waals surface area contributed by atoms with Gasteiger partial charge >= 0.3 is 0 Å². The van der Waals surface area contributed by atoms with Gasteiger partial charge in [0.25, 0.3) is 5.91 Å². The molecule has 146 valence electrons. The average Bonchev–Trinajstić information content (AvgIpc) is 2.74. The summed E-state index contributed by atoms with van der Waals surface area (Å²) >= 11 is 10.9. The second-order valence-electron chi connectivity index (χ2n) is 6.16. The summed E-state index contributed by atoms with van der Waals surface area (Å²) in [6.45, 7) is 0. The first kappa shape index (κ1) is 20.5. The maximum absolute atomic E-state index is 12.9. The van der Waals surface area contributed by atoms with E-state index < -0.39 is 11.8 Å². The molecule has 0 radical (unpaired) electrons. The van der Waals surface area contributed by atoms with Gasteiger partial charge in [-0.1, -0.05) is 72.3 Å². The minimum absolute atomic E-state index is 0.0156. The van der Waals surface area contributed by atoms with Crippen LogP contribution in [0, 0.1) is 0 Å². The molecule has 0 saturated carbocycles. The van der Waals surface area contributed by atoms with Crippen molar-refractivity contribution in [2.24, 2.45) is 0 Å². The molecule has 0 heterocycles. The highest BCUT2D eigenvalue weighted by molar-refractivity contribution is 7.80. The lowest BCUT2D eigenvalue weighted by atomic mass is 9.91. The quantitative estimate of drug-likeness (QED) is 0.441. The van der Waals surface area contributed by atoms with Crippen LogP contribution in [0.4, 0.5) is 0 Å². The van der Waals surface area contributed by atoms with Crippen molar-refractivity contribution in [2.45, 2.75) is 5.92 Å². The topological polar surface area (TPSA) is 70.2 Å². The van der Waals surface area contributed by atoms with E-state index in [1.54, 1.807) is 24.3 Å². The van der Waals surface area contributed by atoms with Crippen molar-refractivity contribution in [3.63, 3.8) is 0 Å². The fourth-order valence-electron chi connectivity index (χ4n) is 2.78. The Morgan fingerprint density at radius 2 is 1.28 bits per heavy atom. The maximum atomic E-state index is 12.9. The minimum Gasteiger partial charge on any atom is -0.298 e. The van der Waals surface area contributed by atoms with Crippen molar-refractivity contribution in [3.8, 4) is 0 Å². The molecule has 3 aromatic carbocycles. The molecular weight excluding hydrogens is 406 g/mol. The molecule has 0 aliphatic rings. The summed E-state index contributed by atoms with van der Waals surface area (Å²) in [7, 11) is 0. The number of nitrogens with one attached hydrogen (secondary N) is 3. The van der Waals surface area contributed by atoms with Gasteiger partial charge in [0.1, 0.15) is 0 Å². The standard InChI is InChI=1S/C22H18ClN3O2S/c23-18-13-11-17(12-14-18)20(27)24-22(29)26-25-21(28)19(15-7-3-1-4-8-15)16-9-5-2-6-10-16/h1-14,19H,(H,25,28)(H2,24,26,27,29). The van der Waals surface area contributed by atoms with Crippen molar-refractivity contribution in [1.82, 2.24) is 16.2 Å². The van der Waals surface area contributed by atoms with Gasteiger partial charge in [-0.3, -0.25) is 25.8 Å². The molecule has 3 rings (SSSR count). The Morgan fingerprint density at radius 3 is 1.79 bits per heavy atom. The highest BCUT2D eigenvalue weighted by Gasteiger charge is 2.22. The summed E-state index contributed by atoms with van der Waals surface area (Å²) in [5.74, 6) is -1.23. The molecule has 0 fully saturated rings. The predicted octanol–water partition coefficient (Wildman–Crippen LogP) is 3.81. The summed E-state index contributed by atoms with van der Waals surface area (Å²) in [5, 5.41) is 3.03. The van der Waals surface area contributed by atoms with Gasteiger partial charge < -0.3 is 0 Å². The number of amides is 2. The van der Waals surface area contributed by atoms with Crippen molar-refractivity contribution >= 4 is 40.7 Å². The zero-order valence-electron chi connectivity index (χ0n) is 15.3. The molecule has 0 aliphatic carbocycles. The summed E-state index contributed by atoms with van der Waals surface area (Å²) < 4.78 is 0. The monoisotopic (exact) mass is 423 g/mol. The number of halogens is 1. The van der Waals surface area contributed by atoms with Gasteiger partial charge in [-0.25, -0.2) is 0 Å². The van der Waals surface area contributed by atoms with Gasteiger partial charge in [0.2, 0.25) is 5.91 Å². The Morgan fingerprint density at radius 1 is 0.759 bits per heavy atom. The number of carbonyl (C=O) groups is 2. The second kappa shape index (κ2) is 9.82. The van der Waals surface area contributed by atoms with Gasteiger partial charge in [-0.2, -0.15) is 0 Å². The van der Waals surface area contributed by atoms with E-state index in [1.807, 2.05) is 60.7 Å². The third-order valence-electron chi connectivity index (χ3n) is 4.16. The van der Waals surface area contributed by atoms with Gasteiger partial charge in [0, 0.05) is 10.6 Å². The van der Waals surface area contributed by atoms with Crippen LogP contribution < -0.4 is 16.2 Å². The number of thiocarbonyl (C=S) groups is 1. The van der Waals surface area contributed by atoms with Crippen LogP contribution in [0.3, 0.4) is 0 Å². The normalized spacial score (nSPS) is 10.3. The van der Waals surface area contributed by atoms with E-state index in [9.17, 15) is 9.59 Å². The second-order valence-corrected chi connectivity index (χ2v) is 7.00. The van der Waals surface area contributed by atoms with Crippen LogP contribution in [0.25, 0.3) is 0 Å². The first-order chi connectivity index (χ1) is 14.0. The number of carbonyl (C=O) groups excluding carboxylic acids is 2. The molecule has 3 aromatic rings. The van der Waals surface area contributed by atoms with Gasteiger partial charge in [0.15, 0.2) is 5.11 Å². The van der Waals surface area contributed by atoms with Gasteiger partial charge in [0.05, 0.1) is 5.92 Å². The predicted molar refractivity (Wildman–Crippen MR) is 118 cm³/mol. The number of hydrazine groups is 1. The number of hydrogen-bond donors (Lipinski definition) is 3. The molecule has 7 heteroatoms. The SMILES string of the molecule is O=C(NC(=S)NNC(=O)C(c1ccccc1)c1ccccc1)c1ccc(Cl)cc1. The van der Waals surface area contributed by atoms with Crippen molar-refractivity contribution < 1.29 is 9.59 Å². The number of rotatable bonds is 4. The molecule has 0 unspecified atom stereocenters. The van der Waals surface area contributed by atoms with E-state index in [0.717, 1.165) is 11.1 Å². The van der Waals surface area contributed by atoms with E-state index in [1.165, 1.54) is 0 Å². The van der Waals surface area contributed by atoms with Crippen LogP contribution in [0.1, 0.15) is 27.4 Å². The third kappa shape index (κ3) is 5.63. The van der Waals surface area contributed by atoms with E-state index >= 15 is 0 Å². The van der Waals surface area contributed by atoms with Gasteiger partial charge in [-0.05, 0) is 47.6 Å². The molecule has 5 nitrogen and oxygen atoms in total. The lowest BCUT2D eigenvalue weighted by Gasteiger charge is -2.19. The fraction of sp³-hybridized carbons (Fsp3) is 0.0455. The molecule has 2 amide bonds. The Bertz CT molecular complexity index is 956. The third-order valence-corrected chi connectivity index (χ3v) is 4.62. The zero-order valence-corrected chi connectivity index (χ0v) is 16.8. The number of hydrogen-bond acceptors (Lipinski definition) is 3. The lowest BCUT2D eigenvalue weighted by molar-refractivity contribution is -0.122. The average molecular weight is 424 g/mol. The highest BCUT2D eigenvalue weighted by atomic mass is 35.5. The van der Waals surface area contributed by atoms with Crippen molar-refractivity contribution in [2.75, 3.05) is 0 Å². The van der Waals surface area contributed by atoms with Crippen LogP contribution >= 0.6 is 23.8 Å². The summed E-state index contributed by atoms with van der Waals surface area (Å²) in [6, 6.07) is 25.2. The molecule has 3 N–H and O–H groups in total. The molecule has 0 aliphatic heterocycles. The van der Waals surface area contributed by atoms with Gasteiger partial charge in [-0.15, -0.1) is 0 Å². The van der Waals surface area contributed by atoms with E-state index in [4.69, 9.17) is 23.8 Å². The maximum Gasteiger partial charge on any atom is 0.257 e. The smallest absolute Gasteiger partial charge is 0.257 e. The van der Waals surface area contributed by atoms with Crippen molar-refractivity contribution in [1.29, 1.82) is 0 Å². The van der Waals surface area contributed by atoms with Crippen molar-refractivity contribution in [3.05, 3.63) is 107 Å². The molecule has 0 atom stereocenters. The summed E-state index contributed by atoms with van der Waals surface area (Å²) in [6.07, 6.45) is 0. The lowest BCUT2D eigenvalue weighted by Crippen LogP contribution is -2.49. The summed E-state index contributed by atoms with van der Waals surface area (Å²) in [5.41, 5.74) is 7.25. The number of benzene rings is 3. The first-order valence-corrected chi connectivity index (χ1v) is 9.60. The van der Waals surface area contributed by atoms with E-state index in [-0.39, 0.29) is 11.0 Å². The Labute approximate surface area is 179 Å². The van der Waals surface area contributed by atoms with Crippen LogP contribution in [-0.4, -0.2) is 16.9 Å². The summed E-state index contributed by atoms with van der Waals surface area (Å²) in [4.78, 5) is 25.1. The van der Waals surface area contributed by atoms with Crippen LogP contribution in [0.2, 0.25) is 5.02 Å². The van der Waals surface area contributed by atoms with Crippen LogP contribution in [0.5, 0.6) is 0 Å². The van der Waals surface area contributed by atoms with Crippen LogP contribution in [0.15, 0.2) is 84.9 Å². The Balaban J connectivity index is 1.65. The molecule has 0 bridgehead atoms. The molecule has 0 aromatic heterocycles. The van der Waals surface area contributed by atoms with E-state index in [2.05, 4.69) is 16.2 Å². The largest absolute Gasteiger partial charge is 0.298 e. The molecule has 0 spiro atoms. The fourth-order valence-corrected chi connectivity index (χ4v) is 3.05. The first-order valence-electron chi connectivity index (χ1n) is 8.81. The molecule has 29 heavy (non-hydrogen) atoms. The Hall–Kier alpha value is -3.22. The highest BCUT2D eigenvalue weighted by Crippen LogP contribution is 2.24. The Kier molecular flexibility index (Phi) is 6.94. The zero-order chi connectivity index (χ0) is 20.6. The molecular formula is C22H18ClN3O2S. The minimum atomic E-state index is -0.528. The van der Waals surface area contributed by atoms with E-state index in [0.29, 0.717) is 10.6 Å². The molecule has 0 saturated heterocycles.